The molecule has 15 heavy (non-hydrogen) atoms. The molecule has 0 fully saturated rings. The molecule has 0 radical (unpaired) electrons. The lowest BCUT2D eigenvalue weighted by Gasteiger charge is -2.46. The highest BCUT2D eigenvalue weighted by atomic mass is 16.5. The lowest BCUT2D eigenvalue weighted by molar-refractivity contribution is -0.150. The largest absolute Gasteiger partial charge is 0.364 e. The van der Waals surface area contributed by atoms with Crippen molar-refractivity contribution in [1.82, 2.24) is 0 Å². The van der Waals surface area contributed by atoms with Crippen molar-refractivity contribution in [2.24, 2.45) is 0 Å². The van der Waals surface area contributed by atoms with Gasteiger partial charge in [0.1, 0.15) is 0 Å². The van der Waals surface area contributed by atoms with Crippen LogP contribution in [0.15, 0.2) is 24.3 Å². The van der Waals surface area contributed by atoms with Crippen LogP contribution in [0.5, 0.6) is 0 Å². The summed E-state index contributed by atoms with van der Waals surface area (Å²) in [6.45, 7) is 10.9. The summed E-state index contributed by atoms with van der Waals surface area (Å²) >= 11 is 0. The van der Waals surface area contributed by atoms with Crippen molar-refractivity contribution in [1.29, 1.82) is 0 Å². The number of ether oxygens (including phenoxy) is 1. The summed E-state index contributed by atoms with van der Waals surface area (Å²) in [6.07, 6.45) is 0. The third kappa shape index (κ3) is 1.59. The minimum atomic E-state index is -0.174. The van der Waals surface area contributed by atoms with Gasteiger partial charge in [-0.2, -0.15) is 0 Å². The van der Waals surface area contributed by atoms with E-state index < -0.39 is 0 Å². The number of hydrogen-bond acceptors (Lipinski definition) is 1. The number of rotatable bonds is 0. The Morgan fingerprint density at radius 3 is 2.33 bits per heavy atom. The molecule has 1 heterocycles. The van der Waals surface area contributed by atoms with Gasteiger partial charge < -0.3 is 4.74 Å². The third-order valence-corrected chi connectivity index (χ3v) is 3.64. The van der Waals surface area contributed by atoms with Gasteiger partial charge in [0.15, 0.2) is 0 Å². The number of fused-ring (bicyclic) bond motifs is 1. The van der Waals surface area contributed by atoms with Gasteiger partial charge in [0.25, 0.3) is 0 Å². The molecule has 1 aromatic rings. The van der Waals surface area contributed by atoms with Gasteiger partial charge in [-0.3, -0.25) is 0 Å². The lowest BCUT2D eigenvalue weighted by Crippen LogP contribution is -2.44. The molecule has 1 aliphatic heterocycles. The molecule has 1 heteroatoms. The zero-order valence-corrected chi connectivity index (χ0v) is 10.3. The van der Waals surface area contributed by atoms with Crippen LogP contribution in [0.2, 0.25) is 0 Å². The van der Waals surface area contributed by atoms with E-state index in [2.05, 4.69) is 58.9 Å². The molecule has 2 rings (SSSR count). The minimum absolute atomic E-state index is 0.0855. The molecule has 1 atom stereocenters. The van der Waals surface area contributed by atoms with Crippen molar-refractivity contribution >= 4 is 0 Å². The summed E-state index contributed by atoms with van der Waals surface area (Å²) in [7, 11) is 0. The van der Waals surface area contributed by atoms with E-state index in [4.69, 9.17) is 4.74 Å². The van der Waals surface area contributed by atoms with Crippen LogP contribution in [0, 0.1) is 0 Å². The van der Waals surface area contributed by atoms with E-state index in [0.717, 1.165) is 0 Å². The monoisotopic (exact) mass is 204 g/mol. The first-order chi connectivity index (χ1) is 6.84. The normalized spacial score (nSPS) is 27.1. The predicted octanol–water partition coefficient (Wildman–Crippen LogP) is 3.83. The van der Waals surface area contributed by atoms with Crippen LogP contribution in [-0.4, -0.2) is 5.60 Å². The maximum absolute atomic E-state index is 6.20. The van der Waals surface area contributed by atoms with Crippen molar-refractivity contribution in [2.75, 3.05) is 0 Å². The fraction of sp³-hybridized carbons (Fsp3) is 0.571. The molecule has 1 nitrogen and oxygen atoms in total. The Kier molecular flexibility index (Phi) is 2.20. The first-order valence-corrected chi connectivity index (χ1v) is 5.64. The summed E-state index contributed by atoms with van der Waals surface area (Å²) in [5.74, 6) is 0.446. The maximum atomic E-state index is 6.20. The van der Waals surface area contributed by atoms with Crippen LogP contribution in [0.3, 0.4) is 0 Å². The zero-order chi connectivity index (χ0) is 11.3. The average Bonchev–Trinajstić information content (AvgIpc) is 2.13. The van der Waals surface area contributed by atoms with Crippen LogP contribution in [0.25, 0.3) is 0 Å². The van der Waals surface area contributed by atoms with Crippen LogP contribution in [0.1, 0.15) is 51.7 Å². The highest BCUT2D eigenvalue weighted by molar-refractivity contribution is 5.38. The SMILES string of the molecule is CC1c2ccccc2C(C)(C)OC1(C)C. The Morgan fingerprint density at radius 1 is 1.07 bits per heavy atom. The minimum Gasteiger partial charge on any atom is -0.364 e. The van der Waals surface area contributed by atoms with Gasteiger partial charge in [-0.15, -0.1) is 0 Å². The molecular formula is C14H20O. The Labute approximate surface area is 92.5 Å². The van der Waals surface area contributed by atoms with E-state index in [9.17, 15) is 0 Å². The van der Waals surface area contributed by atoms with Gasteiger partial charge in [-0.05, 0) is 38.8 Å². The molecule has 0 saturated carbocycles. The third-order valence-electron chi connectivity index (χ3n) is 3.64. The predicted molar refractivity (Wildman–Crippen MR) is 63.0 cm³/mol. The molecule has 82 valence electrons. The highest BCUT2D eigenvalue weighted by Crippen LogP contribution is 2.46. The molecule has 1 aliphatic rings. The van der Waals surface area contributed by atoms with Crippen molar-refractivity contribution in [3.8, 4) is 0 Å². The average molecular weight is 204 g/mol. The molecule has 0 saturated heterocycles. The zero-order valence-electron chi connectivity index (χ0n) is 10.3. The Morgan fingerprint density at radius 2 is 1.67 bits per heavy atom. The fourth-order valence-electron chi connectivity index (χ4n) is 2.60. The fourth-order valence-corrected chi connectivity index (χ4v) is 2.60. The quantitative estimate of drug-likeness (QED) is 0.624. The standard InChI is InChI=1S/C14H20O/c1-10-11-8-6-7-9-12(11)14(4,5)15-13(10,2)3/h6-10H,1-5H3. The summed E-state index contributed by atoms with van der Waals surface area (Å²) in [4.78, 5) is 0. The topological polar surface area (TPSA) is 9.23 Å². The summed E-state index contributed by atoms with van der Waals surface area (Å²) in [5, 5.41) is 0. The second-order valence-electron chi connectivity index (χ2n) is 5.52. The van der Waals surface area contributed by atoms with E-state index in [-0.39, 0.29) is 11.2 Å². The molecule has 0 aromatic heterocycles. The smallest absolute Gasteiger partial charge is 0.0885 e. The van der Waals surface area contributed by atoms with Crippen molar-refractivity contribution < 1.29 is 4.74 Å². The molecule has 0 bridgehead atoms. The molecule has 0 spiro atoms. The summed E-state index contributed by atoms with van der Waals surface area (Å²) < 4.78 is 6.20. The van der Waals surface area contributed by atoms with Gasteiger partial charge >= 0.3 is 0 Å². The van der Waals surface area contributed by atoms with E-state index in [1.54, 1.807) is 0 Å². The molecule has 1 aromatic carbocycles. The van der Waals surface area contributed by atoms with Crippen molar-refractivity contribution in [3.05, 3.63) is 35.4 Å². The molecule has 1 unspecified atom stereocenters. The van der Waals surface area contributed by atoms with Crippen LogP contribution < -0.4 is 0 Å². The van der Waals surface area contributed by atoms with Crippen LogP contribution in [-0.2, 0) is 10.3 Å². The van der Waals surface area contributed by atoms with Gasteiger partial charge in [0.05, 0.1) is 11.2 Å². The second-order valence-corrected chi connectivity index (χ2v) is 5.52. The number of benzene rings is 1. The van der Waals surface area contributed by atoms with Crippen LogP contribution >= 0.6 is 0 Å². The first kappa shape index (κ1) is 10.7. The molecular weight excluding hydrogens is 184 g/mol. The van der Waals surface area contributed by atoms with E-state index >= 15 is 0 Å². The van der Waals surface area contributed by atoms with Gasteiger partial charge in [-0.25, -0.2) is 0 Å². The number of hydrogen-bond donors (Lipinski definition) is 0. The Bertz CT molecular complexity index is 377. The molecule has 0 amide bonds. The van der Waals surface area contributed by atoms with Gasteiger partial charge in [0.2, 0.25) is 0 Å². The van der Waals surface area contributed by atoms with Gasteiger partial charge in [0, 0.05) is 5.92 Å². The maximum Gasteiger partial charge on any atom is 0.0885 e. The Balaban J connectivity index is 2.61. The van der Waals surface area contributed by atoms with E-state index in [1.807, 2.05) is 0 Å². The van der Waals surface area contributed by atoms with Crippen molar-refractivity contribution in [3.63, 3.8) is 0 Å². The first-order valence-electron chi connectivity index (χ1n) is 5.64. The Hall–Kier alpha value is -0.820. The summed E-state index contributed by atoms with van der Waals surface area (Å²) in [6, 6.07) is 8.62. The van der Waals surface area contributed by atoms with E-state index in [0.29, 0.717) is 5.92 Å². The highest BCUT2D eigenvalue weighted by Gasteiger charge is 2.42. The van der Waals surface area contributed by atoms with Gasteiger partial charge in [-0.1, -0.05) is 31.2 Å². The van der Waals surface area contributed by atoms with E-state index in [1.165, 1.54) is 11.1 Å². The summed E-state index contributed by atoms with van der Waals surface area (Å²) in [5.41, 5.74) is 2.50. The molecule has 0 aliphatic carbocycles. The second kappa shape index (κ2) is 3.08. The van der Waals surface area contributed by atoms with Crippen molar-refractivity contribution in [2.45, 2.75) is 51.7 Å². The molecule has 0 N–H and O–H groups in total. The lowest BCUT2D eigenvalue weighted by atomic mass is 9.76. The van der Waals surface area contributed by atoms with Crippen LogP contribution in [0.4, 0.5) is 0 Å².